The molecule has 0 aliphatic carbocycles. The first-order chi connectivity index (χ1) is 6.09. The average Bonchev–Trinajstić information content (AvgIpc) is 2.04. The molecule has 1 amide bonds. The number of nitrogens with zero attached hydrogens (tertiary/aromatic N) is 1. The third-order valence-corrected chi connectivity index (χ3v) is 1.91. The fraction of sp³-hybridized carbons (Fsp3) is 0. The van der Waals surface area contributed by atoms with Crippen LogP contribution < -0.4 is 0 Å². The van der Waals surface area contributed by atoms with E-state index in [-0.39, 0.29) is 5.17 Å². The molecule has 1 aromatic rings. The second-order valence-corrected chi connectivity index (χ2v) is 3.28. The molecule has 0 unspecified atom stereocenters. The number of carbonyl (C=O) groups is 1. The van der Waals surface area contributed by atoms with Crippen LogP contribution >= 0.6 is 34.8 Å². The highest BCUT2D eigenvalue weighted by Crippen LogP contribution is 2.12. The number of halogens is 3. The molecule has 2 nitrogen and oxygen atoms in total. The molecule has 0 radical (unpaired) electrons. The summed E-state index contributed by atoms with van der Waals surface area (Å²) in [6, 6.07) is 6.59. The molecule has 0 bridgehead atoms. The maximum Gasteiger partial charge on any atom is 0.341 e. The van der Waals surface area contributed by atoms with Crippen LogP contribution in [0.4, 0.5) is 4.79 Å². The Kier molecular flexibility index (Phi) is 3.72. The van der Waals surface area contributed by atoms with Crippen molar-refractivity contribution < 1.29 is 4.79 Å². The van der Waals surface area contributed by atoms with Crippen LogP contribution in [0.5, 0.6) is 0 Å². The molecule has 0 fully saturated rings. The zero-order valence-electron chi connectivity index (χ0n) is 6.30. The summed E-state index contributed by atoms with van der Waals surface area (Å²) in [7, 11) is 0. The van der Waals surface area contributed by atoms with Gasteiger partial charge in [0, 0.05) is 10.6 Å². The molecular formula is C8H4Cl3NO. The van der Waals surface area contributed by atoms with Gasteiger partial charge in [0.15, 0.2) is 0 Å². The summed E-state index contributed by atoms with van der Waals surface area (Å²) in [5.41, 5.74) is 0.597. The average molecular weight is 236 g/mol. The Labute approximate surface area is 90.1 Å². The van der Waals surface area contributed by atoms with Gasteiger partial charge < -0.3 is 0 Å². The highest BCUT2D eigenvalue weighted by molar-refractivity contribution is 6.73. The van der Waals surface area contributed by atoms with Gasteiger partial charge in [0.05, 0.1) is 0 Å². The fourth-order valence-electron chi connectivity index (χ4n) is 0.729. The van der Waals surface area contributed by atoms with Gasteiger partial charge in [0.25, 0.3) is 0 Å². The Morgan fingerprint density at radius 1 is 1.15 bits per heavy atom. The van der Waals surface area contributed by atoms with Crippen LogP contribution in [0.1, 0.15) is 5.56 Å². The first-order valence-electron chi connectivity index (χ1n) is 3.29. The van der Waals surface area contributed by atoms with Gasteiger partial charge in [0.1, 0.15) is 5.17 Å². The van der Waals surface area contributed by atoms with Gasteiger partial charge >= 0.3 is 5.37 Å². The normalized spacial score (nSPS) is 11.5. The van der Waals surface area contributed by atoms with E-state index in [1.807, 2.05) is 0 Å². The molecule has 68 valence electrons. The second kappa shape index (κ2) is 4.61. The lowest BCUT2D eigenvalue weighted by Gasteiger charge is -1.96. The number of rotatable bonds is 1. The zero-order chi connectivity index (χ0) is 9.84. The van der Waals surface area contributed by atoms with Gasteiger partial charge in [-0.25, -0.2) is 0 Å². The minimum atomic E-state index is -0.847. The number of carbonyl (C=O) groups excluding carboxylic acids is 1. The Bertz CT molecular complexity index is 345. The highest BCUT2D eigenvalue weighted by atomic mass is 35.5. The molecular weight excluding hydrogens is 232 g/mol. The second-order valence-electron chi connectivity index (χ2n) is 2.16. The number of aliphatic imine (C=N–C) groups is 1. The molecule has 1 aromatic carbocycles. The Morgan fingerprint density at radius 3 is 2.15 bits per heavy atom. The van der Waals surface area contributed by atoms with Crippen molar-refractivity contribution in [3.05, 3.63) is 34.9 Å². The largest absolute Gasteiger partial charge is 0.341 e. The van der Waals surface area contributed by atoms with E-state index in [1.165, 1.54) is 0 Å². The molecule has 0 spiro atoms. The maximum absolute atomic E-state index is 10.4. The number of benzene rings is 1. The van der Waals surface area contributed by atoms with E-state index < -0.39 is 5.37 Å². The standard InChI is InChI=1S/C8H4Cl3NO/c9-6-3-1-5(2-4-6)7(10)12-8(11)13/h1-4H/b12-7+. The number of amides is 1. The van der Waals surface area contributed by atoms with Crippen LogP contribution in [-0.4, -0.2) is 10.5 Å². The van der Waals surface area contributed by atoms with Crippen LogP contribution in [0.15, 0.2) is 29.3 Å². The molecule has 0 saturated heterocycles. The van der Waals surface area contributed by atoms with Crippen LogP contribution in [0, 0.1) is 0 Å². The van der Waals surface area contributed by atoms with Crippen LogP contribution in [0.25, 0.3) is 0 Å². The van der Waals surface area contributed by atoms with E-state index >= 15 is 0 Å². The van der Waals surface area contributed by atoms with Gasteiger partial charge in [-0.3, -0.25) is 4.79 Å². The lowest BCUT2D eigenvalue weighted by molar-refractivity contribution is 0.266. The molecule has 0 aliphatic rings. The maximum atomic E-state index is 10.4. The number of hydrogen-bond acceptors (Lipinski definition) is 1. The van der Waals surface area contributed by atoms with Crippen LogP contribution in [0.2, 0.25) is 5.02 Å². The van der Waals surface area contributed by atoms with Crippen molar-refractivity contribution in [3.63, 3.8) is 0 Å². The van der Waals surface area contributed by atoms with E-state index in [2.05, 4.69) is 4.99 Å². The predicted octanol–water partition coefficient (Wildman–Crippen LogP) is 3.68. The van der Waals surface area contributed by atoms with Crippen LogP contribution in [0.3, 0.4) is 0 Å². The summed E-state index contributed by atoms with van der Waals surface area (Å²) in [6.07, 6.45) is 0. The zero-order valence-corrected chi connectivity index (χ0v) is 8.57. The van der Waals surface area contributed by atoms with Gasteiger partial charge in [-0.1, -0.05) is 35.3 Å². The molecule has 5 heteroatoms. The van der Waals surface area contributed by atoms with Crippen molar-refractivity contribution in [1.29, 1.82) is 0 Å². The summed E-state index contributed by atoms with van der Waals surface area (Å²) < 4.78 is 0. The van der Waals surface area contributed by atoms with E-state index in [0.29, 0.717) is 10.6 Å². The van der Waals surface area contributed by atoms with Gasteiger partial charge in [-0.2, -0.15) is 4.99 Å². The van der Waals surface area contributed by atoms with Gasteiger partial charge in [0.2, 0.25) is 0 Å². The SMILES string of the molecule is O=C(Cl)/N=C(/Cl)c1ccc(Cl)cc1. The van der Waals surface area contributed by atoms with Gasteiger partial charge in [-0.15, -0.1) is 0 Å². The summed E-state index contributed by atoms with van der Waals surface area (Å²) in [5, 5.41) is -0.206. The fourth-order valence-corrected chi connectivity index (χ4v) is 1.19. The third kappa shape index (κ3) is 3.35. The molecule has 1 rings (SSSR count). The molecule has 0 heterocycles. The molecule has 0 saturated carbocycles. The van der Waals surface area contributed by atoms with Crippen molar-refractivity contribution in [2.24, 2.45) is 4.99 Å². The summed E-state index contributed by atoms with van der Waals surface area (Å²) in [5.74, 6) is 0. The van der Waals surface area contributed by atoms with E-state index in [1.54, 1.807) is 24.3 Å². The van der Waals surface area contributed by atoms with Crippen molar-refractivity contribution in [1.82, 2.24) is 0 Å². The monoisotopic (exact) mass is 235 g/mol. The van der Waals surface area contributed by atoms with Crippen molar-refractivity contribution >= 4 is 45.3 Å². The minimum absolute atomic E-state index is 0.0525. The van der Waals surface area contributed by atoms with Crippen molar-refractivity contribution in [2.45, 2.75) is 0 Å². The Balaban J connectivity index is 2.96. The van der Waals surface area contributed by atoms with E-state index in [4.69, 9.17) is 34.8 Å². The summed E-state index contributed by atoms with van der Waals surface area (Å²) in [4.78, 5) is 13.7. The minimum Gasteiger partial charge on any atom is -0.253 e. The van der Waals surface area contributed by atoms with Crippen LogP contribution in [-0.2, 0) is 0 Å². The topological polar surface area (TPSA) is 29.4 Å². The van der Waals surface area contributed by atoms with Crippen molar-refractivity contribution in [2.75, 3.05) is 0 Å². The summed E-state index contributed by atoms with van der Waals surface area (Å²) >= 11 is 16.3. The Hall–Kier alpha value is -0.570. The van der Waals surface area contributed by atoms with Crippen molar-refractivity contribution in [3.8, 4) is 0 Å². The lowest BCUT2D eigenvalue weighted by atomic mass is 10.2. The third-order valence-electron chi connectivity index (χ3n) is 1.27. The molecule has 0 aliphatic heterocycles. The first-order valence-corrected chi connectivity index (χ1v) is 4.42. The highest BCUT2D eigenvalue weighted by Gasteiger charge is 2.01. The van der Waals surface area contributed by atoms with E-state index in [9.17, 15) is 4.79 Å². The smallest absolute Gasteiger partial charge is 0.253 e. The van der Waals surface area contributed by atoms with E-state index in [0.717, 1.165) is 0 Å². The van der Waals surface area contributed by atoms with Gasteiger partial charge in [-0.05, 0) is 23.7 Å². The quantitative estimate of drug-likeness (QED) is 0.415. The lowest BCUT2D eigenvalue weighted by Crippen LogP contribution is -1.92. The molecule has 0 aromatic heterocycles. The Morgan fingerprint density at radius 2 is 1.69 bits per heavy atom. The summed E-state index contributed by atoms with van der Waals surface area (Å²) in [6.45, 7) is 0. The molecule has 13 heavy (non-hydrogen) atoms. The molecule has 0 atom stereocenters. The number of hydrogen-bond donors (Lipinski definition) is 0. The first kappa shape index (κ1) is 10.5. The molecule has 0 N–H and O–H groups in total. The predicted molar refractivity (Wildman–Crippen MR) is 55.1 cm³/mol.